The van der Waals surface area contributed by atoms with Crippen molar-refractivity contribution in [3.63, 3.8) is 0 Å². The summed E-state index contributed by atoms with van der Waals surface area (Å²) >= 11 is 3.59. The summed E-state index contributed by atoms with van der Waals surface area (Å²) in [5.74, 6) is 0.334. The first kappa shape index (κ1) is 15.2. The summed E-state index contributed by atoms with van der Waals surface area (Å²) < 4.78 is 13.2. The molecule has 0 saturated heterocycles. The summed E-state index contributed by atoms with van der Waals surface area (Å²) in [4.78, 5) is 0. The molecule has 2 heteroatoms. The van der Waals surface area contributed by atoms with E-state index >= 15 is 0 Å². The molecule has 2 aromatic carbocycles. The Balaban J connectivity index is 2.09. The van der Waals surface area contributed by atoms with Crippen molar-refractivity contribution in [2.24, 2.45) is 5.92 Å². The standard InChI is InChI=1S/C18H20BrF/c1-13-6-14(2)8-16(7-13)10-17(12-19)9-15-4-3-5-18(20)11-15/h3-8,11,17H,9-10,12H2,1-2H3. The Morgan fingerprint density at radius 2 is 1.60 bits per heavy atom. The van der Waals surface area contributed by atoms with Gasteiger partial charge in [-0.15, -0.1) is 0 Å². The quantitative estimate of drug-likeness (QED) is 0.656. The number of hydrogen-bond donors (Lipinski definition) is 0. The molecule has 2 aromatic rings. The summed E-state index contributed by atoms with van der Waals surface area (Å²) in [6.07, 6.45) is 1.92. The highest BCUT2D eigenvalue weighted by Gasteiger charge is 2.10. The van der Waals surface area contributed by atoms with Gasteiger partial charge in [0.2, 0.25) is 0 Å². The zero-order valence-electron chi connectivity index (χ0n) is 12.0. The van der Waals surface area contributed by atoms with Crippen LogP contribution in [0.3, 0.4) is 0 Å². The predicted octanol–water partition coefficient (Wildman–Crippen LogP) is 5.24. The predicted molar refractivity (Wildman–Crippen MR) is 87.0 cm³/mol. The molecule has 0 heterocycles. The number of hydrogen-bond acceptors (Lipinski definition) is 0. The van der Waals surface area contributed by atoms with E-state index in [1.54, 1.807) is 12.1 Å². The molecule has 0 bridgehead atoms. The lowest BCUT2D eigenvalue weighted by molar-refractivity contribution is 0.582. The lowest BCUT2D eigenvalue weighted by atomic mass is 9.93. The molecular weight excluding hydrogens is 315 g/mol. The molecular formula is C18H20BrF. The highest BCUT2D eigenvalue weighted by Crippen LogP contribution is 2.19. The normalized spacial score (nSPS) is 12.4. The fraction of sp³-hybridized carbons (Fsp3) is 0.333. The van der Waals surface area contributed by atoms with Crippen molar-refractivity contribution < 1.29 is 4.39 Å². The van der Waals surface area contributed by atoms with Crippen LogP contribution in [0.25, 0.3) is 0 Å². The Morgan fingerprint density at radius 1 is 0.950 bits per heavy atom. The van der Waals surface area contributed by atoms with Gasteiger partial charge in [0.05, 0.1) is 0 Å². The lowest BCUT2D eigenvalue weighted by Gasteiger charge is -2.15. The Morgan fingerprint density at radius 3 is 2.20 bits per heavy atom. The molecule has 0 nitrogen and oxygen atoms in total. The van der Waals surface area contributed by atoms with E-state index < -0.39 is 0 Å². The molecule has 0 aromatic heterocycles. The monoisotopic (exact) mass is 334 g/mol. The topological polar surface area (TPSA) is 0 Å². The molecule has 0 aliphatic rings. The zero-order valence-corrected chi connectivity index (χ0v) is 13.6. The summed E-state index contributed by atoms with van der Waals surface area (Å²) in [5.41, 5.74) is 5.04. The molecule has 0 radical (unpaired) electrons. The van der Waals surface area contributed by atoms with E-state index in [2.05, 4.69) is 48.0 Å². The largest absolute Gasteiger partial charge is 0.207 e. The first-order chi connectivity index (χ1) is 9.56. The van der Waals surface area contributed by atoms with Crippen LogP contribution >= 0.6 is 15.9 Å². The van der Waals surface area contributed by atoms with Crippen molar-refractivity contribution in [1.29, 1.82) is 0 Å². The van der Waals surface area contributed by atoms with Gasteiger partial charge in [-0.2, -0.15) is 0 Å². The van der Waals surface area contributed by atoms with Crippen molar-refractivity contribution in [3.05, 3.63) is 70.5 Å². The van der Waals surface area contributed by atoms with Crippen LogP contribution in [0.1, 0.15) is 22.3 Å². The van der Waals surface area contributed by atoms with Gasteiger partial charge in [-0.05, 0) is 55.9 Å². The zero-order chi connectivity index (χ0) is 14.5. The van der Waals surface area contributed by atoms with E-state index in [4.69, 9.17) is 0 Å². The first-order valence-corrected chi connectivity index (χ1v) is 8.06. The van der Waals surface area contributed by atoms with Crippen LogP contribution in [-0.4, -0.2) is 5.33 Å². The molecule has 1 atom stereocenters. The minimum Gasteiger partial charge on any atom is -0.207 e. The van der Waals surface area contributed by atoms with Crippen molar-refractivity contribution >= 4 is 15.9 Å². The van der Waals surface area contributed by atoms with E-state index in [1.807, 2.05) is 6.07 Å². The smallest absolute Gasteiger partial charge is 0.123 e. The highest BCUT2D eigenvalue weighted by molar-refractivity contribution is 9.09. The minimum atomic E-state index is -0.151. The molecule has 0 aliphatic carbocycles. The van der Waals surface area contributed by atoms with Gasteiger partial charge >= 0.3 is 0 Å². The summed E-state index contributed by atoms with van der Waals surface area (Å²) in [7, 11) is 0. The van der Waals surface area contributed by atoms with Gasteiger partial charge in [-0.3, -0.25) is 0 Å². The van der Waals surface area contributed by atoms with E-state index in [0.29, 0.717) is 5.92 Å². The Hall–Kier alpha value is -1.15. The highest BCUT2D eigenvalue weighted by atomic mass is 79.9. The van der Waals surface area contributed by atoms with Crippen molar-refractivity contribution in [2.45, 2.75) is 26.7 Å². The second-order valence-corrected chi connectivity index (χ2v) is 6.20. The van der Waals surface area contributed by atoms with Gasteiger partial charge < -0.3 is 0 Å². The van der Waals surface area contributed by atoms with Crippen molar-refractivity contribution in [1.82, 2.24) is 0 Å². The Kier molecular flexibility index (Phi) is 5.36. The average Bonchev–Trinajstić information content (AvgIpc) is 2.36. The van der Waals surface area contributed by atoms with Gasteiger partial charge in [-0.1, -0.05) is 57.4 Å². The van der Waals surface area contributed by atoms with Crippen LogP contribution in [0.15, 0.2) is 42.5 Å². The van der Waals surface area contributed by atoms with Crippen LogP contribution in [-0.2, 0) is 12.8 Å². The molecule has 106 valence electrons. The Labute approximate surface area is 129 Å². The van der Waals surface area contributed by atoms with Gasteiger partial charge in [0.25, 0.3) is 0 Å². The van der Waals surface area contributed by atoms with Gasteiger partial charge in [-0.25, -0.2) is 4.39 Å². The van der Waals surface area contributed by atoms with Crippen LogP contribution in [0.4, 0.5) is 4.39 Å². The second kappa shape index (κ2) is 7.03. The number of benzene rings is 2. The summed E-state index contributed by atoms with van der Waals surface area (Å²) in [6.45, 7) is 4.26. The molecule has 0 aliphatic heterocycles. The first-order valence-electron chi connectivity index (χ1n) is 6.94. The van der Waals surface area contributed by atoms with Crippen LogP contribution in [0.2, 0.25) is 0 Å². The van der Waals surface area contributed by atoms with Crippen molar-refractivity contribution in [2.75, 3.05) is 5.33 Å². The summed E-state index contributed by atoms with van der Waals surface area (Å²) in [5, 5.41) is 0.927. The molecule has 20 heavy (non-hydrogen) atoms. The molecule has 2 rings (SSSR count). The molecule has 0 spiro atoms. The lowest BCUT2D eigenvalue weighted by Crippen LogP contribution is -2.10. The molecule has 0 N–H and O–H groups in total. The number of halogens is 2. The second-order valence-electron chi connectivity index (χ2n) is 5.55. The number of rotatable bonds is 5. The number of aryl methyl sites for hydroxylation is 2. The molecule has 0 saturated carbocycles. The third-order valence-electron chi connectivity index (χ3n) is 3.44. The Bertz CT molecular complexity index is 557. The van der Waals surface area contributed by atoms with E-state index in [1.165, 1.54) is 22.8 Å². The fourth-order valence-corrected chi connectivity index (χ4v) is 3.16. The third-order valence-corrected chi connectivity index (χ3v) is 4.35. The summed E-state index contributed by atoms with van der Waals surface area (Å²) in [6, 6.07) is 13.6. The molecule has 0 fully saturated rings. The number of alkyl halides is 1. The van der Waals surface area contributed by atoms with E-state index in [0.717, 1.165) is 23.7 Å². The maximum absolute atomic E-state index is 13.2. The van der Waals surface area contributed by atoms with Crippen LogP contribution in [0, 0.1) is 25.6 Å². The molecule has 1 unspecified atom stereocenters. The van der Waals surface area contributed by atoms with Crippen molar-refractivity contribution in [3.8, 4) is 0 Å². The van der Waals surface area contributed by atoms with Crippen LogP contribution in [0.5, 0.6) is 0 Å². The van der Waals surface area contributed by atoms with E-state index in [9.17, 15) is 4.39 Å². The van der Waals surface area contributed by atoms with Gasteiger partial charge in [0.15, 0.2) is 0 Å². The fourth-order valence-electron chi connectivity index (χ4n) is 2.70. The maximum Gasteiger partial charge on any atom is 0.123 e. The van der Waals surface area contributed by atoms with Crippen LogP contribution < -0.4 is 0 Å². The van der Waals surface area contributed by atoms with E-state index in [-0.39, 0.29) is 5.82 Å². The van der Waals surface area contributed by atoms with Gasteiger partial charge in [0.1, 0.15) is 5.82 Å². The SMILES string of the molecule is Cc1cc(C)cc(CC(CBr)Cc2cccc(F)c2)c1. The molecule has 0 amide bonds. The average molecular weight is 335 g/mol. The van der Waals surface area contributed by atoms with Gasteiger partial charge in [0, 0.05) is 5.33 Å². The third kappa shape index (κ3) is 4.45. The maximum atomic E-state index is 13.2. The minimum absolute atomic E-state index is 0.151.